The molecule has 2 unspecified atom stereocenters. The van der Waals surface area contributed by atoms with Crippen molar-refractivity contribution in [3.8, 4) is 0 Å². The maximum Gasteiger partial charge on any atom is 0.306 e. The van der Waals surface area contributed by atoms with Crippen molar-refractivity contribution in [1.82, 2.24) is 5.23 Å². The summed E-state index contributed by atoms with van der Waals surface area (Å²) in [6.07, 6.45) is 0.778. The largest absolute Gasteiger partial charge is 0.462 e. The van der Waals surface area contributed by atoms with Gasteiger partial charge in [0.2, 0.25) is 0 Å². The van der Waals surface area contributed by atoms with Crippen LogP contribution in [-0.4, -0.2) is 34.3 Å². The molecule has 1 heterocycles. The second kappa shape index (κ2) is 4.47. The van der Waals surface area contributed by atoms with Crippen LogP contribution in [0.4, 0.5) is 0 Å². The summed E-state index contributed by atoms with van der Waals surface area (Å²) in [6.45, 7) is 6.09. The number of cyclic esters (lactones) is 1. The zero-order chi connectivity index (χ0) is 11.6. The highest BCUT2D eigenvalue weighted by Crippen LogP contribution is 2.32. The van der Waals surface area contributed by atoms with Gasteiger partial charge in [-0.3, -0.25) is 15.2 Å². The van der Waals surface area contributed by atoms with Crippen LogP contribution in [0.25, 0.3) is 0 Å². The van der Waals surface area contributed by atoms with E-state index in [4.69, 9.17) is 15.2 Å². The van der Waals surface area contributed by atoms with E-state index in [0.29, 0.717) is 6.42 Å². The number of ether oxygens (including phenoxy) is 1. The molecule has 0 saturated carbocycles. The molecule has 1 aliphatic rings. The van der Waals surface area contributed by atoms with Crippen molar-refractivity contribution < 1.29 is 19.9 Å². The predicted octanol–water partition coefficient (Wildman–Crippen LogP) is 1.43. The van der Waals surface area contributed by atoms with E-state index in [9.17, 15) is 4.79 Å². The summed E-state index contributed by atoms with van der Waals surface area (Å²) in [7, 11) is 0. The van der Waals surface area contributed by atoms with Gasteiger partial charge in [-0.05, 0) is 17.8 Å². The summed E-state index contributed by atoms with van der Waals surface area (Å²) in [4.78, 5) is 11.3. The molecule has 2 atom stereocenters. The summed E-state index contributed by atoms with van der Waals surface area (Å²) in [5, 5.41) is 17.6. The summed E-state index contributed by atoms with van der Waals surface area (Å²) >= 11 is 0. The van der Waals surface area contributed by atoms with Crippen LogP contribution in [0.1, 0.15) is 33.6 Å². The summed E-state index contributed by atoms with van der Waals surface area (Å²) in [5.41, 5.74) is -0.107. The lowest BCUT2D eigenvalue weighted by atomic mass is 9.81. The lowest BCUT2D eigenvalue weighted by Gasteiger charge is -2.37. The average molecular weight is 217 g/mol. The molecule has 1 aliphatic heterocycles. The molecule has 0 spiro atoms. The Balaban J connectivity index is 2.60. The van der Waals surface area contributed by atoms with Gasteiger partial charge in [0, 0.05) is 6.42 Å². The molecule has 5 heteroatoms. The Morgan fingerprint density at radius 3 is 2.53 bits per heavy atom. The van der Waals surface area contributed by atoms with E-state index in [0.717, 1.165) is 0 Å². The summed E-state index contributed by atoms with van der Waals surface area (Å²) in [6, 6.07) is 0. The molecule has 1 rings (SSSR count). The Hall–Kier alpha value is -0.650. The van der Waals surface area contributed by atoms with Crippen LogP contribution in [0.15, 0.2) is 0 Å². The molecule has 0 radical (unpaired) electrons. The highest BCUT2D eigenvalue weighted by Gasteiger charge is 2.36. The molecule has 0 amide bonds. The number of hydrogen-bond acceptors (Lipinski definition) is 5. The number of esters is 1. The van der Waals surface area contributed by atoms with Gasteiger partial charge in [0.15, 0.2) is 0 Å². The van der Waals surface area contributed by atoms with Gasteiger partial charge in [0.05, 0.1) is 6.54 Å². The van der Waals surface area contributed by atoms with Gasteiger partial charge in [-0.1, -0.05) is 26.0 Å². The Morgan fingerprint density at radius 1 is 1.47 bits per heavy atom. The normalized spacial score (nSPS) is 28.0. The van der Waals surface area contributed by atoms with Crippen molar-refractivity contribution in [3.05, 3.63) is 0 Å². The van der Waals surface area contributed by atoms with Gasteiger partial charge in [-0.25, -0.2) is 0 Å². The van der Waals surface area contributed by atoms with Gasteiger partial charge in [-0.15, -0.1) is 0 Å². The van der Waals surface area contributed by atoms with E-state index in [1.165, 1.54) is 0 Å². The zero-order valence-electron chi connectivity index (χ0n) is 9.43. The third-order valence-corrected chi connectivity index (χ3v) is 2.66. The first kappa shape index (κ1) is 12.4. The summed E-state index contributed by atoms with van der Waals surface area (Å²) < 4.78 is 5.24. The third-order valence-electron chi connectivity index (χ3n) is 2.66. The Bertz CT molecular complexity index is 234. The van der Waals surface area contributed by atoms with Gasteiger partial charge in [0.25, 0.3) is 0 Å². The first-order valence-electron chi connectivity index (χ1n) is 5.14. The van der Waals surface area contributed by atoms with E-state index < -0.39 is 0 Å². The molecule has 15 heavy (non-hydrogen) atoms. The average Bonchev–Trinajstić information content (AvgIpc) is 1.99. The SMILES string of the molecule is CC(C)(C)C1CC(CN(O)O)CC(=O)O1. The second-order valence-corrected chi connectivity index (χ2v) is 5.21. The van der Waals surface area contributed by atoms with Crippen molar-refractivity contribution in [2.24, 2.45) is 11.3 Å². The minimum absolute atomic E-state index is 0.0505. The van der Waals surface area contributed by atoms with Crippen LogP contribution in [0, 0.1) is 11.3 Å². The number of carbonyl (C=O) groups excluding carboxylic acids is 1. The van der Waals surface area contributed by atoms with Crippen molar-refractivity contribution in [2.75, 3.05) is 6.54 Å². The molecule has 88 valence electrons. The smallest absolute Gasteiger partial charge is 0.306 e. The highest BCUT2D eigenvalue weighted by atomic mass is 16.8. The fourth-order valence-corrected chi connectivity index (χ4v) is 1.78. The molecule has 0 aromatic heterocycles. The number of nitrogens with zero attached hydrogens (tertiary/aromatic N) is 1. The molecular formula is C10H19NO4. The van der Waals surface area contributed by atoms with Gasteiger partial charge in [-0.2, -0.15) is 0 Å². The number of rotatable bonds is 2. The molecule has 0 bridgehead atoms. The minimum atomic E-state index is -0.256. The molecule has 0 aromatic rings. The standard InChI is InChI=1S/C10H19NO4/c1-10(2,3)8-4-7(6-11(13)14)5-9(12)15-8/h7-8,13-14H,4-6H2,1-3H3. The van der Waals surface area contributed by atoms with Crippen molar-refractivity contribution >= 4 is 5.97 Å². The number of carbonyl (C=O) groups is 1. The summed E-state index contributed by atoms with van der Waals surface area (Å²) in [5.74, 6) is -0.307. The van der Waals surface area contributed by atoms with E-state index in [1.54, 1.807) is 0 Å². The molecule has 0 aliphatic carbocycles. The fourth-order valence-electron chi connectivity index (χ4n) is 1.78. The molecule has 5 nitrogen and oxygen atoms in total. The second-order valence-electron chi connectivity index (χ2n) is 5.21. The monoisotopic (exact) mass is 217 g/mol. The van der Waals surface area contributed by atoms with Crippen LogP contribution < -0.4 is 0 Å². The van der Waals surface area contributed by atoms with Crippen LogP contribution >= 0.6 is 0 Å². The Kier molecular flexibility index (Phi) is 3.70. The molecule has 2 N–H and O–H groups in total. The number of hydrogen-bond donors (Lipinski definition) is 2. The lowest BCUT2D eigenvalue weighted by Crippen LogP contribution is -2.41. The van der Waals surface area contributed by atoms with E-state index in [-0.39, 0.29) is 41.6 Å². The first-order chi connectivity index (χ1) is 6.79. The highest BCUT2D eigenvalue weighted by molar-refractivity contribution is 5.70. The maximum absolute atomic E-state index is 11.3. The van der Waals surface area contributed by atoms with E-state index in [1.807, 2.05) is 20.8 Å². The predicted molar refractivity (Wildman–Crippen MR) is 52.3 cm³/mol. The van der Waals surface area contributed by atoms with E-state index >= 15 is 0 Å². The van der Waals surface area contributed by atoms with Crippen molar-refractivity contribution in [1.29, 1.82) is 0 Å². The van der Waals surface area contributed by atoms with Crippen LogP contribution in [0.2, 0.25) is 0 Å². The molecule has 0 aromatic carbocycles. The molecule has 1 fully saturated rings. The van der Waals surface area contributed by atoms with Crippen LogP contribution in [0.5, 0.6) is 0 Å². The maximum atomic E-state index is 11.3. The number of hydroxylamine groups is 2. The van der Waals surface area contributed by atoms with Crippen LogP contribution in [0.3, 0.4) is 0 Å². The lowest BCUT2D eigenvalue weighted by molar-refractivity contribution is -0.314. The van der Waals surface area contributed by atoms with Gasteiger partial charge < -0.3 is 4.74 Å². The topological polar surface area (TPSA) is 70.0 Å². The van der Waals surface area contributed by atoms with Crippen LogP contribution in [-0.2, 0) is 9.53 Å². The van der Waals surface area contributed by atoms with E-state index in [2.05, 4.69) is 0 Å². The minimum Gasteiger partial charge on any atom is -0.462 e. The van der Waals surface area contributed by atoms with Gasteiger partial charge >= 0.3 is 5.97 Å². The van der Waals surface area contributed by atoms with Crippen molar-refractivity contribution in [2.45, 2.75) is 39.7 Å². The Morgan fingerprint density at radius 2 is 2.07 bits per heavy atom. The quantitative estimate of drug-likeness (QED) is 0.541. The zero-order valence-corrected chi connectivity index (χ0v) is 9.43. The Labute approximate surface area is 89.5 Å². The van der Waals surface area contributed by atoms with Crippen molar-refractivity contribution in [3.63, 3.8) is 0 Å². The first-order valence-corrected chi connectivity index (χ1v) is 5.14. The molecular weight excluding hydrogens is 198 g/mol. The van der Waals surface area contributed by atoms with Gasteiger partial charge in [0.1, 0.15) is 6.10 Å². The fraction of sp³-hybridized carbons (Fsp3) is 0.900. The third kappa shape index (κ3) is 3.77. The molecule has 1 saturated heterocycles.